The van der Waals surface area contributed by atoms with Crippen molar-refractivity contribution in [2.45, 2.75) is 45.6 Å². The number of hydrogen-bond donors (Lipinski definition) is 1. The molecule has 1 amide bonds. The molecule has 118 valence electrons. The average molecular weight is 293 g/mol. The SMILES string of the molecule is COCCCNC(=O)[C@H](C)Oc1ccc(C(C)(C)C)cc1. The normalized spacial score (nSPS) is 12.8. The minimum Gasteiger partial charge on any atom is -0.481 e. The third-order valence-corrected chi connectivity index (χ3v) is 3.23. The van der Waals surface area contributed by atoms with Crippen LogP contribution in [0, 0.1) is 0 Å². The van der Waals surface area contributed by atoms with E-state index in [2.05, 4.69) is 26.1 Å². The summed E-state index contributed by atoms with van der Waals surface area (Å²) >= 11 is 0. The summed E-state index contributed by atoms with van der Waals surface area (Å²) in [5.74, 6) is 0.605. The highest BCUT2D eigenvalue weighted by molar-refractivity contribution is 5.80. The summed E-state index contributed by atoms with van der Waals surface area (Å²) < 4.78 is 10.6. The lowest BCUT2D eigenvalue weighted by molar-refractivity contribution is -0.127. The second-order valence-electron chi connectivity index (χ2n) is 6.17. The minimum atomic E-state index is -0.506. The fourth-order valence-electron chi connectivity index (χ4n) is 1.86. The Morgan fingerprint density at radius 2 is 1.86 bits per heavy atom. The highest BCUT2D eigenvalue weighted by atomic mass is 16.5. The summed E-state index contributed by atoms with van der Waals surface area (Å²) in [5, 5.41) is 2.83. The van der Waals surface area contributed by atoms with E-state index < -0.39 is 6.10 Å². The van der Waals surface area contributed by atoms with E-state index in [0.29, 0.717) is 18.9 Å². The van der Waals surface area contributed by atoms with Crippen LogP contribution in [-0.4, -0.2) is 32.3 Å². The molecule has 4 heteroatoms. The summed E-state index contributed by atoms with van der Waals surface area (Å²) in [6.45, 7) is 9.49. The Labute approximate surface area is 127 Å². The molecule has 0 radical (unpaired) electrons. The van der Waals surface area contributed by atoms with Gasteiger partial charge in [0.05, 0.1) is 0 Å². The first-order chi connectivity index (χ1) is 9.84. The molecular formula is C17H27NO3. The lowest BCUT2D eigenvalue weighted by Gasteiger charge is -2.20. The fourth-order valence-corrected chi connectivity index (χ4v) is 1.86. The number of benzene rings is 1. The van der Waals surface area contributed by atoms with Gasteiger partial charge in [0, 0.05) is 20.3 Å². The van der Waals surface area contributed by atoms with E-state index in [1.54, 1.807) is 14.0 Å². The number of nitrogens with one attached hydrogen (secondary N) is 1. The van der Waals surface area contributed by atoms with Gasteiger partial charge in [-0.05, 0) is 36.5 Å². The maximum atomic E-state index is 11.9. The van der Waals surface area contributed by atoms with Crippen molar-refractivity contribution >= 4 is 5.91 Å². The van der Waals surface area contributed by atoms with E-state index in [0.717, 1.165) is 6.42 Å². The van der Waals surface area contributed by atoms with Crippen LogP contribution in [0.5, 0.6) is 5.75 Å². The van der Waals surface area contributed by atoms with Gasteiger partial charge in [-0.1, -0.05) is 32.9 Å². The Kier molecular flexibility index (Phi) is 6.69. The van der Waals surface area contributed by atoms with E-state index in [1.807, 2.05) is 24.3 Å². The van der Waals surface area contributed by atoms with Crippen molar-refractivity contribution in [2.24, 2.45) is 0 Å². The van der Waals surface area contributed by atoms with Gasteiger partial charge in [-0.3, -0.25) is 4.79 Å². The van der Waals surface area contributed by atoms with Crippen molar-refractivity contribution in [3.8, 4) is 5.75 Å². The topological polar surface area (TPSA) is 47.6 Å². The van der Waals surface area contributed by atoms with Crippen LogP contribution in [0.1, 0.15) is 39.7 Å². The largest absolute Gasteiger partial charge is 0.481 e. The monoisotopic (exact) mass is 293 g/mol. The van der Waals surface area contributed by atoms with Crippen molar-refractivity contribution in [3.05, 3.63) is 29.8 Å². The molecule has 0 unspecified atom stereocenters. The van der Waals surface area contributed by atoms with Crippen LogP contribution < -0.4 is 10.1 Å². The predicted octanol–water partition coefficient (Wildman–Crippen LogP) is 2.90. The molecule has 21 heavy (non-hydrogen) atoms. The van der Waals surface area contributed by atoms with Crippen molar-refractivity contribution in [3.63, 3.8) is 0 Å². The zero-order valence-corrected chi connectivity index (χ0v) is 13.7. The first-order valence-electron chi connectivity index (χ1n) is 7.38. The number of carbonyl (C=O) groups is 1. The predicted molar refractivity (Wildman–Crippen MR) is 84.7 cm³/mol. The van der Waals surface area contributed by atoms with Gasteiger partial charge >= 0.3 is 0 Å². The van der Waals surface area contributed by atoms with Gasteiger partial charge in [0.25, 0.3) is 5.91 Å². The Hall–Kier alpha value is -1.55. The van der Waals surface area contributed by atoms with E-state index in [1.165, 1.54) is 5.56 Å². The lowest BCUT2D eigenvalue weighted by Crippen LogP contribution is -2.37. The molecule has 0 bridgehead atoms. The third kappa shape index (κ3) is 6.17. The number of methoxy groups -OCH3 is 1. The molecular weight excluding hydrogens is 266 g/mol. The van der Waals surface area contributed by atoms with Gasteiger partial charge in [-0.2, -0.15) is 0 Å². The number of hydrogen-bond acceptors (Lipinski definition) is 3. The standard InChI is InChI=1S/C17H27NO3/c1-13(16(19)18-11-6-12-20-5)21-15-9-7-14(8-10-15)17(2,3)4/h7-10,13H,6,11-12H2,1-5H3,(H,18,19)/t13-/m0/s1. The highest BCUT2D eigenvalue weighted by Crippen LogP contribution is 2.24. The lowest BCUT2D eigenvalue weighted by atomic mass is 9.87. The smallest absolute Gasteiger partial charge is 0.260 e. The van der Waals surface area contributed by atoms with Crippen molar-refractivity contribution in [1.82, 2.24) is 5.32 Å². The zero-order valence-electron chi connectivity index (χ0n) is 13.7. The van der Waals surface area contributed by atoms with E-state index in [4.69, 9.17) is 9.47 Å². The molecule has 0 aliphatic rings. The summed E-state index contributed by atoms with van der Waals surface area (Å²) in [7, 11) is 1.65. The van der Waals surface area contributed by atoms with Gasteiger partial charge in [0.15, 0.2) is 6.10 Å². The molecule has 0 aromatic heterocycles. The summed E-state index contributed by atoms with van der Waals surface area (Å²) in [6, 6.07) is 7.90. The molecule has 1 aromatic carbocycles. The quantitative estimate of drug-likeness (QED) is 0.786. The van der Waals surface area contributed by atoms with Crippen molar-refractivity contribution in [2.75, 3.05) is 20.3 Å². The number of rotatable bonds is 7. The van der Waals surface area contributed by atoms with Gasteiger partial charge in [0.1, 0.15) is 5.75 Å². The molecule has 1 N–H and O–H groups in total. The van der Waals surface area contributed by atoms with Crippen LogP contribution >= 0.6 is 0 Å². The summed E-state index contributed by atoms with van der Waals surface area (Å²) in [5.41, 5.74) is 1.36. The molecule has 4 nitrogen and oxygen atoms in total. The molecule has 0 spiro atoms. The van der Waals surface area contributed by atoms with Crippen LogP contribution in [0.15, 0.2) is 24.3 Å². The number of ether oxygens (including phenoxy) is 2. The second kappa shape index (κ2) is 8.03. The molecule has 0 saturated carbocycles. The Morgan fingerprint density at radius 1 is 1.24 bits per heavy atom. The van der Waals surface area contributed by atoms with Crippen LogP contribution in [0.3, 0.4) is 0 Å². The molecule has 1 atom stereocenters. The maximum Gasteiger partial charge on any atom is 0.260 e. The number of carbonyl (C=O) groups excluding carboxylic acids is 1. The van der Waals surface area contributed by atoms with Crippen LogP contribution in [0.4, 0.5) is 0 Å². The molecule has 0 aliphatic carbocycles. The van der Waals surface area contributed by atoms with Gasteiger partial charge in [-0.15, -0.1) is 0 Å². The van der Waals surface area contributed by atoms with Crippen molar-refractivity contribution in [1.29, 1.82) is 0 Å². The van der Waals surface area contributed by atoms with E-state index in [-0.39, 0.29) is 11.3 Å². The molecule has 1 aromatic rings. The second-order valence-corrected chi connectivity index (χ2v) is 6.17. The van der Waals surface area contributed by atoms with E-state index in [9.17, 15) is 4.79 Å². The highest BCUT2D eigenvalue weighted by Gasteiger charge is 2.16. The summed E-state index contributed by atoms with van der Waals surface area (Å²) in [6.07, 6.45) is 0.294. The van der Waals surface area contributed by atoms with Gasteiger partial charge in [0.2, 0.25) is 0 Å². The van der Waals surface area contributed by atoms with Crippen LogP contribution in [0.25, 0.3) is 0 Å². The average Bonchev–Trinajstić information content (AvgIpc) is 2.43. The molecule has 0 saturated heterocycles. The van der Waals surface area contributed by atoms with Crippen LogP contribution in [-0.2, 0) is 14.9 Å². The summed E-state index contributed by atoms with van der Waals surface area (Å²) in [4.78, 5) is 11.9. The number of amides is 1. The van der Waals surface area contributed by atoms with E-state index >= 15 is 0 Å². The van der Waals surface area contributed by atoms with Crippen molar-refractivity contribution < 1.29 is 14.3 Å². The third-order valence-electron chi connectivity index (χ3n) is 3.23. The molecule has 1 rings (SSSR count). The van der Waals surface area contributed by atoms with Gasteiger partial charge < -0.3 is 14.8 Å². The Morgan fingerprint density at radius 3 is 2.38 bits per heavy atom. The van der Waals surface area contributed by atoms with Crippen LogP contribution in [0.2, 0.25) is 0 Å². The van der Waals surface area contributed by atoms with Gasteiger partial charge in [-0.25, -0.2) is 0 Å². The minimum absolute atomic E-state index is 0.106. The Bertz CT molecular complexity index is 434. The molecule has 0 fully saturated rings. The first-order valence-corrected chi connectivity index (χ1v) is 7.38. The first kappa shape index (κ1) is 17.5. The molecule has 0 heterocycles. The Balaban J connectivity index is 2.47. The zero-order chi connectivity index (χ0) is 15.9. The maximum absolute atomic E-state index is 11.9. The molecule has 0 aliphatic heterocycles. The fraction of sp³-hybridized carbons (Fsp3) is 0.588.